The van der Waals surface area contributed by atoms with Gasteiger partial charge in [-0.05, 0) is 30.2 Å². The molecular formula is C16H14FN3O2S. The van der Waals surface area contributed by atoms with Crippen molar-refractivity contribution in [3.63, 3.8) is 0 Å². The van der Waals surface area contributed by atoms with Crippen LogP contribution in [0.3, 0.4) is 0 Å². The number of hydrogen-bond acceptors (Lipinski definition) is 4. The van der Waals surface area contributed by atoms with Crippen LogP contribution in [0.1, 0.15) is 32.8 Å². The summed E-state index contributed by atoms with van der Waals surface area (Å²) in [5, 5.41) is 5.61. The van der Waals surface area contributed by atoms with E-state index in [4.69, 9.17) is 0 Å². The molecule has 0 saturated carbocycles. The van der Waals surface area contributed by atoms with Gasteiger partial charge in [0, 0.05) is 35.9 Å². The maximum atomic E-state index is 13.1. The summed E-state index contributed by atoms with van der Waals surface area (Å²) >= 11 is 1.16. The summed E-state index contributed by atoms with van der Waals surface area (Å²) in [5.74, 6) is -0.747. The maximum absolute atomic E-state index is 13.1. The van der Waals surface area contributed by atoms with Gasteiger partial charge in [-0.15, -0.1) is 11.3 Å². The first-order chi connectivity index (χ1) is 11.0. The van der Waals surface area contributed by atoms with Crippen LogP contribution in [0.25, 0.3) is 10.9 Å². The third kappa shape index (κ3) is 3.29. The van der Waals surface area contributed by atoms with E-state index < -0.39 is 0 Å². The number of rotatable bonds is 5. The highest BCUT2D eigenvalue weighted by Crippen LogP contribution is 2.19. The number of Topliss-reactive ketones (excluding diaryl/α,β-unsaturated/α-hetero) is 1. The summed E-state index contributed by atoms with van der Waals surface area (Å²) in [6.45, 7) is 1.84. The topological polar surface area (TPSA) is 74.8 Å². The molecule has 3 aromatic rings. The number of ketones is 1. The molecule has 0 fully saturated rings. The van der Waals surface area contributed by atoms with Gasteiger partial charge in [-0.25, -0.2) is 9.37 Å². The molecule has 3 rings (SSSR count). The van der Waals surface area contributed by atoms with Crippen molar-refractivity contribution in [3.8, 4) is 0 Å². The van der Waals surface area contributed by atoms with Gasteiger partial charge in [0.1, 0.15) is 11.5 Å². The Morgan fingerprint density at radius 1 is 1.39 bits per heavy atom. The average Bonchev–Trinajstić information content (AvgIpc) is 3.14. The zero-order valence-electron chi connectivity index (χ0n) is 12.4. The van der Waals surface area contributed by atoms with E-state index in [9.17, 15) is 14.0 Å². The van der Waals surface area contributed by atoms with Gasteiger partial charge in [0.15, 0.2) is 10.8 Å². The fourth-order valence-electron chi connectivity index (χ4n) is 2.31. The molecule has 1 amide bonds. The third-order valence-corrected chi connectivity index (χ3v) is 4.39. The molecule has 2 heterocycles. The first kappa shape index (κ1) is 15.4. The van der Waals surface area contributed by atoms with Crippen molar-refractivity contribution in [2.75, 3.05) is 6.54 Å². The average molecular weight is 331 g/mol. The second kappa shape index (κ2) is 6.29. The summed E-state index contributed by atoms with van der Waals surface area (Å²) < 4.78 is 13.1. The molecule has 0 aliphatic carbocycles. The summed E-state index contributed by atoms with van der Waals surface area (Å²) in [5.41, 5.74) is 1.99. The molecule has 23 heavy (non-hydrogen) atoms. The van der Waals surface area contributed by atoms with Crippen molar-refractivity contribution >= 4 is 33.9 Å². The fraction of sp³-hybridized carbons (Fsp3) is 0.188. The van der Waals surface area contributed by atoms with Crippen LogP contribution in [0, 0.1) is 5.82 Å². The predicted octanol–water partition coefficient (Wildman–Crippen LogP) is 2.94. The Kier molecular flexibility index (Phi) is 4.20. The second-order valence-corrected chi connectivity index (χ2v) is 5.96. The molecule has 5 nitrogen and oxygen atoms in total. The lowest BCUT2D eigenvalue weighted by Crippen LogP contribution is -2.26. The summed E-state index contributed by atoms with van der Waals surface area (Å²) in [4.78, 5) is 30.2. The van der Waals surface area contributed by atoms with Gasteiger partial charge in [-0.1, -0.05) is 0 Å². The van der Waals surface area contributed by atoms with Crippen LogP contribution < -0.4 is 5.32 Å². The molecule has 118 valence electrons. The molecule has 2 N–H and O–H groups in total. The standard InChI is InChI=1S/C16H14FN3O2S/c1-9(21)16-20-14(8-23-16)15(22)18-5-4-10-7-19-13-6-11(17)2-3-12(10)13/h2-3,6-8,19H,4-5H2,1H3,(H,18,22). The van der Waals surface area contributed by atoms with Crippen LogP contribution in [0.5, 0.6) is 0 Å². The highest BCUT2D eigenvalue weighted by molar-refractivity contribution is 7.11. The van der Waals surface area contributed by atoms with Crippen LogP contribution in [0.15, 0.2) is 29.8 Å². The van der Waals surface area contributed by atoms with Crippen LogP contribution >= 0.6 is 11.3 Å². The zero-order valence-corrected chi connectivity index (χ0v) is 13.2. The van der Waals surface area contributed by atoms with Gasteiger partial charge >= 0.3 is 0 Å². The summed E-state index contributed by atoms with van der Waals surface area (Å²) in [6.07, 6.45) is 2.42. The van der Waals surface area contributed by atoms with Crippen LogP contribution in [0.4, 0.5) is 4.39 Å². The molecule has 0 radical (unpaired) electrons. The minimum Gasteiger partial charge on any atom is -0.361 e. The van der Waals surface area contributed by atoms with Crippen molar-refractivity contribution in [1.29, 1.82) is 0 Å². The number of hydrogen-bond donors (Lipinski definition) is 2. The number of fused-ring (bicyclic) bond motifs is 1. The van der Waals surface area contributed by atoms with Crippen molar-refractivity contribution in [3.05, 3.63) is 51.9 Å². The minimum atomic E-state index is -0.306. The number of carbonyl (C=O) groups is 2. The molecule has 0 saturated heterocycles. The number of aromatic amines is 1. The van der Waals surface area contributed by atoms with Gasteiger partial charge in [0.25, 0.3) is 5.91 Å². The van der Waals surface area contributed by atoms with Crippen molar-refractivity contribution in [2.45, 2.75) is 13.3 Å². The molecule has 0 aliphatic heterocycles. The number of benzene rings is 1. The quantitative estimate of drug-likeness (QED) is 0.706. The monoisotopic (exact) mass is 331 g/mol. The highest BCUT2D eigenvalue weighted by Gasteiger charge is 2.13. The molecule has 0 bridgehead atoms. The van der Waals surface area contributed by atoms with E-state index in [2.05, 4.69) is 15.3 Å². The Morgan fingerprint density at radius 2 is 2.22 bits per heavy atom. The second-order valence-electron chi connectivity index (χ2n) is 5.10. The van der Waals surface area contributed by atoms with Crippen molar-refractivity contribution < 1.29 is 14.0 Å². The van der Waals surface area contributed by atoms with E-state index in [1.807, 2.05) is 6.20 Å². The van der Waals surface area contributed by atoms with Crippen LogP contribution in [0.2, 0.25) is 0 Å². The van der Waals surface area contributed by atoms with E-state index >= 15 is 0 Å². The summed E-state index contributed by atoms with van der Waals surface area (Å²) in [6, 6.07) is 4.57. The van der Waals surface area contributed by atoms with Crippen molar-refractivity contribution in [2.24, 2.45) is 0 Å². The number of amides is 1. The van der Waals surface area contributed by atoms with E-state index in [1.165, 1.54) is 19.1 Å². The lowest BCUT2D eigenvalue weighted by atomic mass is 10.1. The van der Waals surface area contributed by atoms with Gasteiger partial charge in [-0.2, -0.15) is 0 Å². The van der Waals surface area contributed by atoms with E-state index in [0.717, 1.165) is 27.8 Å². The Bertz CT molecular complexity index is 884. The Hall–Kier alpha value is -2.54. The van der Waals surface area contributed by atoms with Crippen LogP contribution in [-0.4, -0.2) is 28.2 Å². The van der Waals surface area contributed by atoms with Gasteiger partial charge < -0.3 is 10.3 Å². The minimum absolute atomic E-state index is 0.153. The number of nitrogens with one attached hydrogen (secondary N) is 2. The normalized spacial score (nSPS) is 10.9. The molecule has 2 aromatic heterocycles. The Balaban J connectivity index is 1.61. The fourth-order valence-corrected chi connectivity index (χ4v) is 3.01. The Labute approximate surface area is 135 Å². The third-order valence-electron chi connectivity index (χ3n) is 3.45. The number of aromatic nitrogens is 2. The zero-order chi connectivity index (χ0) is 16.4. The van der Waals surface area contributed by atoms with Gasteiger partial charge in [0.2, 0.25) is 0 Å². The molecule has 7 heteroatoms. The maximum Gasteiger partial charge on any atom is 0.270 e. The SMILES string of the molecule is CC(=O)c1nc(C(=O)NCCc2c[nH]c3cc(F)ccc23)cs1. The molecule has 0 aliphatic rings. The molecule has 0 atom stereocenters. The van der Waals surface area contributed by atoms with Gasteiger partial charge in [-0.3, -0.25) is 9.59 Å². The van der Waals surface area contributed by atoms with E-state index in [-0.39, 0.29) is 23.2 Å². The molecule has 0 unspecified atom stereocenters. The van der Waals surface area contributed by atoms with E-state index in [1.54, 1.807) is 11.4 Å². The number of carbonyl (C=O) groups excluding carboxylic acids is 2. The molecule has 1 aromatic carbocycles. The first-order valence-corrected chi connectivity index (χ1v) is 7.93. The Morgan fingerprint density at radius 3 is 2.96 bits per heavy atom. The lowest BCUT2D eigenvalue weighted by molar-refractivity contribution is 0.0950. The van der Waals surface area contributed by atoms with Gasteiger partial charge in [0.05, 0.1) is 0 Å². The number of halogens is 1. The molecular weight excluding hydrogens is 317 g/mol. The molecule has 0 spiro atoms. The first-order valence-electron chi connectivity index (χ1n) is 7.05. The largest absolute Gasteiger partial charge is 0.361 e. The van der Waals surface area contributed by atoms with E-state index in [0.29, 0.717) is 18.0 Å². The number of H-pyrrole nitrogens is 1. The predicted molar refractivity (Wildman–Crippen MR) is 86.4 cm³/mol. The highest BCUT2D eigenvalue weighted by atomic mass is 32.1. The summed E-state index contributed by atoms with van der Waals surface area (Å²) in [7, 11) is 0. The van der Waals surface area contributed by atoms with Crippen LogP contribution in [-0.2, 0) is 6.42 Å². The smallest absolute Gasteiger partial charge is 0.270 e. The number of thiazole rings is 1. The van der Waals surface area contributed by atoms with Crippen molar-refractivity contribution in [1.82, 2.24) is 15.3 Å². The lowest BCUT2D eigenvalue weighted by Gasteiger charge is -2.02. The number of nitrogens with zero attached hydrogens (tertiary/aromatic N) is 1.